The van der Waals surface area contributed by atoms with E-state index in [1.807, 2.05) is 6.92 Å². The number of carbonyl (C=O) groups is 2. The van der Waals surface area contributed by atoms with E-state index in [1.165, 1.54) is 43.3 Å². The monoisotopic (exact) mass is 488 g/mol. The number of hydrogen-bond donors (Lipinski definition) is 1. The predicted molar refractivity (Wildman–Crippen MR) is 125 cm³/mol. The Kier molecular flexibility index (Phi) is 7.63. The van der Waals surface area contributed by atoms with E-state index in [0.717, 1.165) is 9.87 Å². The van der Waals surface area contributed by atoms with E-state index >= 15 is 0 Å². The van der Waals surface area contributed by atoms with Crippen molar-refractivity contribution in [3.8, 4) is 0 Å². The average Bonchev–Trinajstić information content (AvgIpc) is 2.76. The topological polar surface area (TPSA) is 83.6 Å². The van der Waals surface area contributed by atoms with Gasteiger partial charge in [-0.05, 0) is 50.2 Å². The van der Waals surface area contributed by atoms with E-state index < -0.39 is 34.8 Å². The first-order valence-electron chi connectivity index (χ1n) is 9.98. The van der Waals surface area contributed by atoms with Gasteiger partial charge in [0.05, 0.1) is 11.4 Å². The zero-order valence-electron chi connectivity index (χ0n) is 18.0. The molecule has 0 aliphatic carbocycles. The molecular weight excluding hydrogens is 467 g/mol. The van der Waals surface area contributed by atoms with E-state index in [1.54, 1.807) is 30.3 Å². The summed E-state index contributed by atoms with van der Waals surface area (Å²) in [4.78, 5) is 24.3. The average molecular weight is 489 g/mol. The number of benzene rings is 3. The molecule has 0 aromatic heterocycles. The van der Waals surface area contributed by atoms with Crippen molar-refractivity contribution in [1.82, 2.24) is 4.31 Å². The van der Waals surface area contributed by atoms with Crippen LogP contribution in [0.15, 0.2) is 71.6 Å². The number of Topliss-reactive ketones (excluding diaryl/α,β-unsaturated/α-hetero) is 1. The van der Waals surface area contributed by atoms with Crippen LogP contribution in [0.3, 0.4) is 0 Å². The summed E-state index contributed by atoms with van der Waals surface area (Å²) in [5.41, 5.74) is 1.56. The molecule has 0 unspecified atom stereocenters. The third-order valence-corrected chi connectivity index (χ3v) is 7.09. The lowest BCUT2D eigenvalue weighted by Gasteiger charge is -2.23. The maximum Gasteiger partial charge on any atom is 0.243 e. The van der Waals surface area contributed by atoms with Crippen LogP contribution in [0, 0.1) is 12.7 Å². The summed E-state index contributed by atoms with van der Waals surface area (Å²) in [6.45, 7) is 2.18. The van der Waals surface area contributed by atoms with Gasteiger partial charge < -0.3 is 5.32 Å². The van der Waals surface area contributed by atoms with Gasteiger partial charge in [-0.2, -0.15) is 4.31 Å². The summed E-state index contributed by atoms with van der Waals surface area (Å²) < 4.78 is 42.0. The van der Waals surface area contributed by atoms with Crippen molar-refractivity contribution in [3.63, 3.8) is 0 Å². The van der Waals surface area contributed by atoms with Crippen LogP contribution in [-0.2, 0) is 21.4 Å². The molecule has 0 bridgehead atoms. The smallest absolute Gasteiger partial charge is 0.243 e. The first kappa shape index (κ1) is 24.6. The van der Waals surface area contributed by atoms with Crippen LogP contribution in [0.1, 0.15) is 28.4 Å². The van der Waals surface area contributed by atoms with Crippen molar-refractivity contribution in [2.24, 2.45) is 0 Å². The molecule has 0 aliphatic rings. The summed E-state index contributed by atoms with van der Waals surface area (Å²) in [6, 6.07) is 16.4. The van der Waals surface area contributed by atoms with Gasteiger partial charge in [0.2, 0.25) is 15.9 Å². The molecule has 0 saturated carbocycles. The Bertz CT molecular complexity index is 1270. The maximum absolute atomic E-state index is 14.4. The van der Waals surface area contributed by atoms with Crippen LogP contribution in [0.25, 0.3) is 0 Å². The van der Waals surface area contributed by atoms with Gasteiger partial charge in [0.25, 0.3) is 0 Å². The van der Waals surface area contributed by atoms with Gasteiger partial charge in [0.15, 0.2) is 5.78 Å². The Balaban J connectivity index is 1.93. The van der Waals surface area contributed by atoms with Crippen molar-refractivity contribution >= 4 is 39.0 Å². The number of nitrogens with one attached hydrogen (secondary N) is 1. The molecule has 33 heavy (non-hydrogen) atoms. The Morgan fingerprint density at radius 1 is 1.03 bits per heavy atom. The van der Waals surface area contributed by atoms with E-state index in [9.17, 15) is 22.4 Å². The van der Waals surface area contributed by atoms with Crippen molar-refractivity contribution in [3.05, 3.63) is 94.3 Å². The van der Waals surface area contributed by atoms with Gasteiger partial charge >= 0.3 is 0 Å². The number of carbonyl (C=O) groups excluding carboxylic acids is 2. The van der Waals surface area contributed by atoms with Crippen molar-refractivity contribution in [2.45, 2.75) is 25.3 Å². The van der Waals surface area contributed by atoms with E-state index in [-0.39, 0.29) is 21.3 Å². The second-order valence-corrected chi connectivity index (χ2v) is 9.82. The number of hydrogen-bond acceptors (Lipinski definition) is 4. The lowest BCUT2D eigenvalue weighted by Crippen LogP contribution is -2.38. The molecule has 0 heterocycles. The number of anilines is 1. The molecule has 9 heteroatoms. The number of aryl methyl sites for hydroxylation is 1. The fraction of sp³-hybridized carbons (Fsp3) is 0.167. The zero-order valence-corrected chi connectivity index (χ0v) is 19.6. The Labute approximate surface area is 197 Å². The molecule has 3 rings (SSSR count). The van der Waals surface area contributed by atoms with Gasteiger partial charge in [0.1, 0.15) is 5.82 Å². The number of amides is 1. The molecule has 6 nitrogen and oxygen atoms in total. The number of ketones is 1. The first-order valence-corrected chi connectivity index (χ1v) is 11.8. The van der Waals surface area contributed by atoms with Crippen molar-refractivity contribution in [2.75, 3.05) is 11.9 Å². The summed E-state index contributed by atoms with van der Waals surface area (Å²) >= 11 is 6.11. The fourth-order valence-corrected chi connectivity index (χ4v) is 4.71. The summed E-state index contributed by atoms with van der Waals surface area (Å²) in [6.07, 6.45) is 0. The molecule has 3 aromatic rings. The molecule has 172 valence electrons. The molecule has 0 saturated heterocycles. The third kappa shape index (κ3) is 6.04. The van der Waals surface area contributed by atoms with E-state index in [0.29, 0.717) is 11.3 Å². The van der Waals surface area contributed by atoms with Gasteiger partial charge in [-0.1, -0.05) is 47.5 Å². The molecule has 0 radical (unpaired) electrons. The van der Waals surface area contributed by atoms with Crippen LogP contribution >= 0.6 is 11.6 Å². The third-order valence-electron chi connectivity index (χ3n) is 4.93. The van der Waals surface area contributed by atoms with Crippen molar-refractivity contribution < 1.29 is 22.4 Å². The summed E-state index contributed by atoms with van der Waals surface area (Å²) in [5.74, 6) is -1.51. The van der Waals surface area contributed by atoms with Crippen LogP contribution in [0.4, 0.5) is 10.1 Å². The minimum Gasteiger partial charge on any atom is -0.325 e. The zero-order chi connectivity index (χ0) is 24.2. The van der Waals surface area contributed by atoms with E-state index in [2.05, 4.69) is 5.32 Å². The quantitative estimate of drug-likeness (QED) is 0.461. The number of halogens is 2. The number of nitrogens with zero attached hydrogens (tertiary/aromatic N) is 1. The van der Waals surface area contributed by atoms with Crippen LogP contribution in [0.2, 0.25) is 5.02 Å². The van der Waals surface area contributed by atoms with Crippen LogP contribution < -0.4 is 5.32 Å². The lowest BCUT2D eigenvalue weighted by atomic mass is 10.1. The molecule has 3 aromatic carbocycles. The lowest BCUT2D eigenvalue weighted by molar-refractivity contribution is -0.116. The van der Waals surface area contributed by atoms with Gasteiger partial charge in [-0.25, -0.2) is 12.8 Å². The Morgan fingerprint density at radius 2 is 1.70 bits per heavy atom. The number of sulfonamides is 1. The minimum atomic E-state index is -4.17. The molecule has 0 atom stereocenters. The predicted octanol–water partition coefficient (Wildman–Crippen LogP) is 4.82. The normalized spacial score (nSPS) is 11.4. The fourth-order valence-electron chi connectivity index (χ4n) is 3.12. The highest BCUT2D eigenvalue weighted by atomic mass is 35.5. The molecule has 0 spiro atoms. The highest BCUT2D eigenvalue weighted by Crippen LogP contribution is 2.25. The van der Waals surface area contributed by atoms with Crippen molar-refractivity contribution in [1.29, 1.82) is 0 Å². The Hall–Kier alpha value is -3.07. The van der Waals surface area contributed by atoms with Gasteiger partial charge in [-0.15, -0.1) is 0 Å². The maximum atomic E-state index is 14.4. The molecule has 1 N–H and O–H groups in total. The van der Waals surface area contributed by atoms with Gasteiger partial charge in [-0.3, -0.25) is 9.59 Å². The highest BCUT2D eigenvalue weighted by Gasteiger charge is 2.28. The standard InChI is InChI=1S/C24H22ClFN2O4S/c1-16-9-11-20(12-10-16)33(31,32)28(14-21-22(25)7-4-8-23(21)26)15-24(30)27-19-6-3-5-18(13-19)17(2)29/h3-13H,14-15H2,1-2H3,(H,27,30). The highest BCUT2D eigenvalue weighted by molar-refractivity contribution is 7.89. The van der Waals surface area contributed by atoms with Gasteiger partial charge in [0, 0.05) is 28.4 Å². The molecule has 0 fully saturated rings. The molecule has 1 amide bonds. The minimum absolute atomic E-state index is 0.0352. The summed E-state index contributed by atoms with van der Waals surface area (Å²) in [7, 11) is -4.17. The number of rotatable bonds is 8. The first-order chi connectivity index (χ1) is 15.6. The van der Waals surface area contributed by atoms with E-state index in [4.69, 9.17) is 11.6 Å². The second kappa shape index (κ2) is 10.2. The largest absolute Gasteiger partial charge is 0.325 e. The Morgan fingerprint density at radius 3 is 2.33 bits per heavy atom. The van der Waals surface area contributed by atoms with Crippen LogP contribution in [0.5, 0.6) is 0 Å². The summed E-state index contributed by atoms with van der Waals surface area (Å²) in [5, 5.41) is 2.64. The van der Waals surface area contributed by atoms with Crippen LogP contribution in [-0.4, -0.2) is 31.0 Å². The second-order valence-electron chi connectivity index (χ2n) is 7.47. The SMILES string of the molecule is CC(=O)c1cccc(NC(=O)CN(Cc2c(F)cccc2Cl)S(=O)(=O)c2ccc(C)cc2)c1. The molecule has 0 aliphatic heterocycles. The molecular formula is C24H22ClFN2O4S.